The molecule has 0 atom stereocenters. The Balaban J connectivity index is 2.15. The zero-order valence-corrected chi connectivity index (χ0v) is 14.3. The van der Waals surface area contributed by atoms with Crippen LogP contribution in [0.5, 0.6) is 0 Å². The SMILES string of the molecule is Cc1ccc(C)c(Sc2ncc(CNC(C)C)cc2C)c1. The summed E-state index contributed by atoms with van der Waals surface area (Å²) in [5.74, 6) is 0. The second-order valence-electron chi connectivity index (χ2n) is 5.87. The van der Waals surface area contributed by atoms with E-state index in [-0.39, 0.29) is 0 Å². The van der Waals surface area contributed by atoms with Crippen LogP contribution in [0.15, 0.2) is 40.4 Å². The quantitative estimate of drug-likeness (QED) is 0.869. The standard InChI is InChI=1S/C18H24N2S/c1-12(2)19-10-16-9-15(5)18(20-11-16)21-17-8-13(3)6-7-14(17)4/h6-9,11-12,19H,10H2,1-5H3. The highest BCUT2D eigenvalue weighted by Gasteiger charge is 2.07. The molecule has 0 aliphatic heterocycles. The smallest absolute Gasteiger partial charge is 0.104 e. The molecule has 0 radical (unpaired) electrons. The summed E-state index contributed by atoms with van der Waals surface area (Å²) < 4.78 is 0. The Hall–Kier alpha value is -1.32. The molecule has 0 saturated carbocycles. The van der Waals surface area contributed by atoms with Crippen LogP contribution in [0.4, 0.5) is 0 Å². The first-order chi connectivity index (χ1) is 9.95. The van der Waals surface area contributed by atoms with Crippen molar-refractivity contribution >= 4 is 11.8 Å². The molecule has 0 saturated heterocycles. The lowest BCUT2D eigenvalue weighted by molar-refractivity contribution is 0.587. The maximum absolute atomic E-state index is 4.65. The van der Waals surface area contributed by atoms with Gasteiger partial charge in [-0.15, -0.1) is 0 Å². The number of nitrogens with one attached hydrogen (secondary N) is 1. The molecule has 0 fully saturated rings. The molecule has 0 bridgehead atoms. The van der Waals surface area contributed by atoms with Gasteiger partial charge < -0.3 is 5.32 Å². The molecule has 1 N–H and O–H groups in total. The van der Waals surface area contributed by atoms with Crippen LogP contribution in [0.3, 0.4) is 0 Å². The normalized spacial score (nSPS) is 11.1. The van der Waals surface area contributed by atoms with Crippen LogP contribution in [-0.2, 0) is 6.54 Å². The van der Waals surface area contributed by atoms with Crippen LogP contribution in [0.2, 0.25) is 0 Å². The third-order valence-electron chi connectivity index (χ3n) is 3.35. The molecular formula is C18H24N2S. The molecule has 0 unspecified atom stereocenters. The average molecular weight is 300 g/mol. The third kappa shape index (κ3) is 4.58. The fourth-order valence-corrected chi connectivity index (χ4v) is 3.07. The zero-order valence-electron chi connectivity index (χ0n) is 13.5. The maximum Gasteiger partial charge on any atom is 0.104 e. The lowest BCUT2D eigenvalue weighted by Gasteiger charge is -2.11. The number of rotatable bonds is 5. The molecule has 112 valence electrons. The first-order valence-corrected chi connectivity index (χ1v) is 8.21. The summed E-state index contributed by atoms with van der Waals surface area (Å²) in [5.41, 5.74) is 5.08. The van der Waals surface area contributed by atoms with E-state index in [2.05, 4.69) is 69.2 Å². The minimum Gasteiger partial charge on any atom is -0.310 e. The van der Waals surface area contributed by atoms with Crippen molar-refractivity contribution in [1.82, 2.24) is 10.3 Å². The number of hydrogen-bond donors (Lipinski definition) is 1. The molecule has 1 aromatic carbocycles. The Morgan fingerprint density at radius 2 is 1.86 bits per heavy atom. The van der Waals surface area contributed by atoms with Crippen molar-refractivity contribution in [2.45, 2.75) is 57.1 Å². The fraction of sp³-hybridized carbons (Fsp3) is 0.389. The van der Waals surface area contributed by atoms with Crippen LogP contribution in [0, 0.1) is 20.8 Å². The largest absolute Gasteiger partial charge is 0.310 e. The van der Waals surface area contributed by atoms with Gasteiger partial charge in [0.2, 0.25) is 0 Å². The van der Waals surface area contributed by atoms with Crippen LogP contribution >= 0.6 is 11.8 Å². The molecule has 0 amide bonds. The number of pyridine rings is 1. The van der Waals surface area contributed by atoms with Gasteiger partial charge in [-0.1, -0.05) is 43.8 Å². The Labute approximate surface area is 132 Å². The van der Waals surface area contributed by atoms with E-state index in [1.807, 2.05) is 6.20 Å². The van der Waals surface area contributed by atoms with Gasteiger partial charge in [-0.25, -0.2) is 4.98 Å². The van der Waals surface area contributed by atoms with Gasteiger partial charge in [0.1, 0.15) is 5.03 Å². The first kappa shape index (κ1) is 16.1. The van der Waals surface area contributed by atoms with Gasteiger partial charge in [0, 0.05) is 23.7 Å². The predicted molar refractivity (Wildman–Crippen MR) is 91.0 cm³/mol. The predicted octanol–water partition coefficient (Wildman–Crippen LogP) is 4.66. The topological polar surface area (TPSA) is 24.9 Å². The minimum absolute atomic E-state index is 0.495. The molecule has 2 aromatic rings. The van der Waals surface area contributed by atoms with Gasteiger partial charge >= 0.3 is 0 Å². The number of hydrogen-bond acceptors (Lipinski definition) is 3. The molecule has 3 heteroatoms. The molecule has 2 nitrogen and oxygen atoms in total. The molecular weight excluding hydrogens is 276 g/mol. The van der Waals surface area contributed by atoms with E-state index in [1.54, 1.807) is 11.8 Å². The Kier molecular flexibility index (Phi) is 5.43. The van der Waals surface area contributed by atoms with Crippen molar-refractivity contribution in [1.29, 1.82) is 0 Å². The molecule has 1 aromatic heterocycles. The highest BCUT2D eigenvalue weighted by Crippen LogP contribution is 2.31. The highest BCUT2D eigenvalue weighted by atomic mass is 32.2. The van der Waals surface area contributed by atoms with Crippen LogP contribution in [0.25, 0.3) is 0 Å². The van der Waals surface area contributed by atoms with E-state index < -0.39 is 0 Å². The Bertz CT molecular complexity index is 621. The summed E-state index contributed by atoms with van der Waals surface area (Å²) in [4.78, 5) is 5.94. The van der Waals surface area contributed by atoms with Crippen molar-refractivity contribution in [3.8, 4) is 0 Å². The van der Waals surface area contributed by atoms with Crippen molar-refractivity contribution < 1.29 is 0 Å². The second-order valence-corrected chi connectivity index (χ2v) is 6.90. The van der Waals surface area contributed by atoms with Gasteiger partial charge in [0.25, 0.3) is 0 Å². The Morgan fingerprint density at radius 3 is 2.52 bits per heavy atom. The van der Waals surface area contributed by atoms with Gasteiger partial charge in [-0.3, -0.25) is 0 Å². The fourth-order valence-electron chi connectivity index (χ4n) is 2.07. The lowest BCUT2D eigenvalue weighted by atomic mass is 10.2. The first-order valence-electron chi connectivity index (χ1n) is 7.39. The summed E-state index contributed by atoms with van der Waals surface area (Å²) in [6.45, 7) is 11.6. The molecule has 0 aliphatic rings. The summed E-state index contributed by atoms with van der Waals surface area (Å²) in [6, 6.07) is 9.29. The Morgan fingerprint density at radius 1 is 1.10 bits per heavy atom. The van der Waals surface area contributed by atoms with E-state index in [1.165, 1.54) is 27.1 Å². The van der Waals surface area contributed by atoms with Crippen molar-refractivity contribution in [2.24, 2.45) is 0 Å². The van der Waals surface area contributed by atoms with E-state index in [0.29, 0.717) is 6.04 Å². The number of aryl methyl sites for hydroxylation is 3. The maximum atomic E-state index is 4.65. The van der Waals surface area contributed by atoms with Crippen molar-refractivity contribution in [3.63, 3.8) is 0 Å². The van der Waals surface area contributed by atoms with Crippen molar-refractivity contribution in [3.05, 3.63) is 52.7 Å². The zero-order chi connectivity index (χ0) is 15.4. The lowest BCUT2D eigenvalue weighted by Crippen LogP contribution is -2.21. The van der Waals surface area contributed by atoms with E-state index in [9.17, 15) is 0 Å². The number of nitrogens with zero attached hydrogens (tertiary/aromatic N) is 1. The van der Waals surface area contributed by atoms with Gasteiger partial charge in [-0.05, 0) is 49.1 Å². The summed E-state index contributed by atoms with van der Waals surface area (Å²) in [6.07, 6.45) is 1.98. The van der Waals surface area contributed by atoms with Crippen molar-refractivity contribution in [2.75, 3.05) is 0 Å². The van der Waals surface area contributed by atoms with E-state index in [0.717, 1.165) is 11.6 Å². The monoisotopic (exact) mass is 300 g/mol. The van der Waals surface area contributed by atoms with Gasteiger partial charge in [0.05, 0.1) is 0 Å². The average Bonchev–Trinajstić information content (AvgIpc) is 2.43. The van der Waals surface area contributed by atoms with E-state index >= 15 is 0 Å². The van der Waals surface area contributed by atoms with Crippen LogP contribution in [-0.4, -0.2) is 11.0 Å². The van der Waals surface area contributed by atoms with Crippen LogP contribution < -0.4 is 5.32 Å². The highest BCUT2D eigenvalue weighted by molar-refractivity contribution is 7.99. The molecule has 0 aliphatic carbocycles. The molecule has 2 rings (SSSR count). The summed E-state index contributed by atoms with van der Waals surface area (Å²) in [5, 5.41) is 4.52. The summed E-state index contributed by atoms with van der Waals surface area (Å²) in [7, 11) is 0. The third-order valence-corrected chi connectivity index (χ3v) is 4.63. The molecule has 0 spiro atoms. The molecule has 21 heavy (non-hydrogen) atoms. The minimum atomic E-state index is 0.495. The van der Waals surface area contributed by atoms with Gasteiger partial charge in [0.15, 0.2) is 0 Å². The second kappa shape index (κ2) is 7.10. The molecule has 1 heterocycles. The summed E-state index contributed by atoms with van der Waals surface area (Å²) >= 11 is 1.76. The van der Waals surface area contributed by atoms with E-state index in [4.69, 9.17) is 0 Å². The number of benzene rings is 1. The van der Waals surface area contributed by atoms with Gasteiger partial charge in [-0.2, -0.15) is 0 Å². The number of aromatic nitrogens is 1. The van der Waals surface area contributed by atoms with Crippen LogP contribution in [0.1, 0.15) is 36.1 Å².